The van der Waals surface area contributed by atoms with Crippen LogP contribution in [0.1, 0.15) is 11.1 Å². The Bertz CT molecular complexity index is 723. The molecule has 0 aliphatic carbocycles. The van der Waals surface area contributed by atoms with Gasteiger partial charge < -0.3 is 10.1 Å². The normalized spacial score (nSPS) is 10.6. The molecule has 0 radical (unpaired) electrons. The van der Waals surface area contributed by atoms with Crippen molar-refractivity contribution < 1.29 is 4.74 Å². The van der Waals surface area contributed by atoms with Crippen LogP contribution < -0.4 is 10.1 Å². The van der Waals surface area contributed by atoms with Crippen LogP contribution in [0.4, 0.5) is 0 Å². The molecule has 0 atom stereocenters. The molecule has 0 saturated heterocycles. The lowest BCUT2D eigenvalue weighted by Gasteiger charge is -2.08. The van der Waals surface area contributed by atoms with Crippen molar-refractivity contribution in [3.05, 3.63) is 78.1 Å². The van der Waals surface area contributed by atoms with Gasteiger partial charge in [-0.1, -0.05) is 24.3 Å². The van der Waals surface area contributed by atoms with Crippen LogP contribution in [0.5, 0.6) is 5.75 Å². The van der Waals surface area contributed by atoms with Crippen LogP contribution in [0.25, 0.3) is 5.69 Å². The molecule has 2 aromatic carbocycles. The average molecular weight is 293 g/mol. The lowest BCUT2D eigenvalue weighted by Crippen LogP contribution is -2.13. The number of nitrogens with zero attached hydrogens (tertiary/aromatic N) is 2. The summed E-state index contributed by atoms with van der Waals surface area (Å²) in [7, 11) is 1.69. The Morgan fingerprint density at radius 3 is 2.50 bits per heavy atom. The quantitative estimate of drug-likeness (QED) is 0.758. The molecule has 4 nitrogen and oxygen atoms in total. The predicted molar refractivity (Wildman–Crippen MR) is 87.1 cm³/mol. The number of hydrogen-bond donors (Lipinski definition) is 1. The van der Waals surface area contributed by atoms with Gasteiger partial charge in [0, 0.05) is 25.5 Å². The largest absolute Gasteiger partial charge is 0.497 e. The standard InChI is InChI=1S/C18H19N3O/c1-22-18-8-3-6-16(12-18)14-19-13-15-5-2-7-17(11-15)21-10-4-9-20-21/h2-12,19H,13-14H2,1H3. The van der Waals surface area contributed by atoms with Crippen molar-refractivity contribution in [3.63, 3.8) is 0 Å². The molecule has 0 aliphatic rings. The summed E-state index contributed by atoms with van der Waals surface area (Å²) in [5.41, 5.74) is 3.52. The lowest BCUT2D eigenvalue weighted by molar-refractivity contribution is 0.414. The summed E-state index contributed by atoms with van der Waals surface area (Å²) >= 11 is 0. The van der Waals surface area contributed by atoms with Crippen molar-refractivity contribution in [3.8, 4) is 11.4 Å². The fourth-order valence-electron chi connectivity index (χ4n) is 2.36. The van der Waals surface area contributed by atoms with Gasteiger partial charge in [0.15, 0.2) is 0 Å². The molecule has 0 unspecified atom stereocenters. The highest BCUT2D eigenvalue weighted by atomic mass is 16.5. The number of hydrogen-bond acceptors (Lipinski definition) is 3. The molecule has 4 heteroatoms. The van der Waals surface area contributed by atoms with Crippen LogP contribution in [0.3, 0.4) is 0 Å². The van der Waals surface area contributed by atoms with E-state index in [2.05, 4.69) is 40.7 Å². The Balaban J connectivity index is 1.61. The van der Waals surface area contributed by atoms with Crippen LogP contribution in [-0.4, -0.2) is 16.9 Å². The Hall–Kier alpha value is -2.59. The Labute approximate surface area is 130 Å². The molecule has 0 aliphatic heterocycles. The lowest BCUT2D eigenvalue weighted by atomic mass is 10.2. The van der Waals surface area contributed by atoms with Crippen molar-refractivity contribution in [1.29, 1.82) is 0 Å². The zero-order valence-corrected chi connectivity index (χ0v) is 12.6. The van der Waals surface area contributed by atoms with E-state index in [-0.39, 0.29) is 0 Å². The third-order valence-electron chi connectivity index (χ3n) is 3.47. The molecule has 0 amide bonds. The first kappa shape index (κ1) is 14.4. The summed E-state index contributed by atoms with van der Waals surface area (Å²) in [6.07, 6.45) is 3.73. The SMILES string of the molecule is COc1cccc(CNCc2cccc(-n3cccn3)c2)c1. The zero-order valence-electron chi connectivity index (χ0n) is 12.6. The maximum Gasteiger partial charge on any atom is 0.119 e. The van der Waals surface area contributed by atoms with Crippen LogP contribution in [0, 0.1) is 0 Å². The van der Waals surface area contributed by atoms with Gasteiger partial charge in [-0.05, 0) is 41.5 Å². The van der Waals surface area contributed by atoms with Gasteiger partial charge in [-0.2, -0.15) is 5.10 Å². The molecule has 1 aromatic heterocycles. The van der Waals surface area contributed by atoms with E-state index in [1.165, 1.54) is 11.1 Å². The van der Waals surface area contributed by atoms with E-state index >= 15 is 0 Å². The van der Waals surface area contributed by atoms with Crippen molar-refractivity contribution in [2.45, 2.75) is 13.1 Å². The number of nitrogens with one attached hydrogen (secondary N) is 1. The molecule has 0 spiro atoms. The molecular formula is C18H19N3O. The predicted octanol–water partition coefficient (Wildman–Crippen LogP) is 3.17. The minimum Gasteiger partial charge on any atom is -0.497 e. The second-order valence-corrected chi connectivity index (χ2v) is 5.08. The molecule has 3 aromatic rings. The number of aromatic nitrogens is 2. The van der Waals surface area contributed by atoms with Crippen molar-refractivity contribution in [1.82, 2.24) is 15.1 Å². The van der Waals surface area contributed by atoms with E-state index in [4.69, 9.17) is 4.74 Å². The summed E-state index contributed by atoms with van der Waals surface area (Å²) in [5, 5.41) is 7.71. The second-order valence-electron chi connectivity index (χ2n) is 5.08. The minimum atomic E-state index is 0.809. The first-order valence-corrected chi connectivity index (χ1v) is 7.28. The van der Waals surface area contributed by atoms with Gasteiger partial charge >= 0.3 is 0 Å². The molecular weight excluding hydrogens is 274 g/mol. The fraction of sp³-hybridized carbons (Fsp3) is 0.167. The summed E-state index contributed by atoms with van der Waals surface area (Å²) < 4.78 is 7.11. The number of methoxy groups -OCH3 is 1. The molecule has 3 rings (SSSR count). The first-order valence-electron chi connectivity index (χ1n) is 7.28. The highest BCUT2D eigenvalue weighted by Gasteiger charge is 2.00. The third-order valence-corrected chi connectivity index (χ3v) is 3.47. The topological polar surface area (TPSA) is 39.1 Å². The molecule has 0 fully saturated rings. The van der Waals surface area contributed by atoms with Crippen LogP contribution in [0.15, 0.2) is 67.0 Å². The van der Waals surface area contributed by atoms with E-state index in [0.29, 0.717) is 0 Å². The van der Waals surface area contributed by atoms with Crippen LogP contribution >= 0.6 is 0 Å². The molecule has 1 N–H and O–H groups in total. The molecule has 0 bridgehead atoms. The second kappa shape index (κ2) is 6.91. The minimum absolute atomic E-state index is 0.809. The van der Waals surface area contributed by atoms with Crippen molar-refractivity contribution in [2.24, 2.45) is 0 Å². The van der Waals surface area contributed by atoms with Gasteiger partial charge in [0.25, 0.3) is 0 Å². The van der Waals surface area contributed by atoms with Crippen LogP contribution in [-0.2, 0) is 13.1 Å². The molecule has 0 saturated carbocycles. The third kappa shape index (κ3) is 3.54. The van der Waals surface area contributed by atoms with Crippen molar-refractivity contribution in [2.75, 3.05) is 7.11 Å². The zero-order chi connectivity index (χ0) is 15.2. The van der Waals surface area contributed by atoms with E-state index in [0.717, 1.165) is 24.5 Å². The average Bonchev–Trinajstić information content (AvgIpc) is 3.10. The van der Waals surface area contributed by atoms with Crippen molar-refractivity contribution >= 4 is 0 Å². The van der Waals surface area contributed by atoms with Gasteiger partial charge in [0.1, 0.15) is 5.75 Å². The van der Waals surface area contributed by atoms with Gasteiger partial charge in [0.05, 0.1) is 12.8 Å². The van der Waals surface area contributed by atoms with E-state index < -0.39 is 0 Å². The Kier molecular flexibility index (Phi) is 4.51. The van der Waals surface area contributed by atoms with Gasteiger partial charge in [-0.25, -0.2) is 4.68 Å². The summed E-state index contributed by atoms with van der Waals surface area (Å²) in [6, 6.07) is 18.4. The Morgan fingerprint density at radius 1 is 1.00 bits per heavy atom. The highest BCUT2D eigenvalue weighted by molar-refractivity contribution is 5.35. The molecule has 1 heterocycles. The molecule has 22 heavy (non-hydrogen) atoms. The number of rotatable bonds is 6. The maximum absolute atomic E-state index is 5.24. The summed E-state index contributed by atoms with van der Waals surface area (Å²) in [5.74, 6) is 0.889. The van der Waals surface area contributed by atoms with Gasteiger partial charge in [-0.3, -0.25) is 0 Å². The summed E-state index contributed by atoms with van der Waals surface area (Å²) in [4.78, 5) is 0. The van der Waals surface area contributed by atoms with E-state index in [1.807, 2.05) is 35.1 Å². The van der Waals surface area contributed by atoms with E-state index in [1.54, 1.807) is 13.3 Å². The smallest absolute Gasteiger partial charge is 0.119 e. The van der Waals surface area contributed by atoms with Gasteiger partial charge in [0.2, 0.25) is 0 Å². The first-order chi connectivity index (χ1) is 10.8. The highest BCUT2D eigenvalue weighted by Crippen LogP contribution is 2.13. The molecule has 112 valence electrons. The Morgan fingerprint density at radius 2 is 1.77 bits per heavy atom. The maximum atomic E-state index is 5.24. The summed E-state index contributed by atoms with van der Waals surface area (Å²) in [6.45, 7) is 1.62. The number of benzene rings is 2. The fourth-order valence-corrected chi connectivity index (χ4v) is 2.36. The van der Waals surface area contributed by atoms with E-state index in [9.17, 15) is 0 Å². The number of ether oxygens (including phenoxy) is 1. The monoisotopic (exact) mass is 293 g/mol. The van der Waals surface area contributed by atoms with Crippen LogP contribution in [0.2, 0.25) is 0 Å². The van der Waals surface area contributed by atoms with Gasteiger partial charge in [-0.15, -0.1) is 0 Å².